The lowest BCUT2D eigenvalue weighted by molar-refractivity contribution is -0.142. The van der Waals surface area contributed by atoms with Crippen LogP contribution in [-0.2, 0) is 9.59 Å². The molecule has 0 radical (unpaired) electrons. The van der Waals surface area contributed by atoms with E-state index in [0.29, 0.717) is 13.0 Å². The molecular weight excluding hydrogens is 196 g/mol. The Morgan fingerprint density at radius 3 is 2.73 bits per heavy atom. The smallest absolute Gasteiger partial charge is 0.303 e. The van der Waals surface area contributed by atoms with Crippen LogP contribution in [0.4, 0.5) is 0 Å². The lowest BCUT2D eigenvalue weighted by atomic mass is 10.1. The Hall–Kier alpha value is -1.10. The van der Waals surface area contributed by atoms with Crippen LogP contribution in [0.1, 0.15) is 19.8 Å². The van der Waals surface area contributed by atoms with Crippen molar-refractivity contribution in [3.63, 3.8) is 0 Å². The molecule has 0 aromatic heterocycles. The molecular formula is C10H18N2O3. The highest BCUT2D eigenvalue weighted by molar-refractivity contribution is 5.83. The van der Waals surface area contributed by atoms with Crippen LogP contribution in [0.25, 0.3) is 0 Å². The molecule has 1 N–H and O–H groups in total. The lowest BCUT2D eigenvalue weighted by Gasteiger charge is -2.38. The lowest BCUT2D eigenvalue weighted by Crippen LogP contribution is -2.55. The van der Waals surface area contributed by atoms with Crippen LogP contribution in [0.15, 0.2) is 0 Å². The number of carbonyl (C=O) groups excluding carboxylic acids is 1. The molecule has 1 fully saturated rings. The number of carbonyl (C=O) groups is 2. The van der Waals surface area contributed by atoms with Gasteiger partial charge in [0.05, 0.1) is 6.04 Å². The van der Waals surface area contributed by atoms with Crippen LogP contribution in [0.3, 0.4) is 0 Å². The van der Waals surface area contributed by atoms with Gasteiger partial charge in [-0.25, -0.2) is 0 Å². The summed E-state index contributed by atoms with van der Waals surface area (Å²) in [5, 5.41) is 8.60. The van der Waals surface area contributed by atoms with Crippen LogP contribution in [0.2, 0.25) is 0 Å². The van der Waals surface area contributed by atoms with Crippen molar-refractivity contribution in [1.82, 2.24) is 9.80 Å². The standard InChI is InChI=1S/C10H18N2O3/c1-3-12-7-6-11(2)8(10(12)15)4-5-9(13)14/h8H,3-7H2,1-2H3,(H,13,14). The zero-order valence-corrected chi connectivity index (χ0v) is 9.27. The highest BCUT2D eigenvalue weighted by Crippen LogP contribution is 2.14. The molecule has 0 aliphatic carbocycles. The summed E-state index contributed by atoms with van der Waals surface area (Å²) in [6, 6.07) is -0.255. The molecule has 1 rings (SSSR count). The Kier molecular flexibility index (Phi) is 4.08. The van der Waals surface area contributed by atoms with E-state index in [9.17, 15) is 9.59 Å². The summed E-state index contributed by atoms with van der Waals surface area (Å²) in [7, 11) is 1.87. The van der Waals surface area contributed by atoms with Gasteiger partial charge in [-0.05, 0) is 20.4 Å². The summed E-state index contributed by atoms with van der Waals surface area (Å²) >= 11 is 0. The fourth-order valence-electron chi connectivity index (χ4n) is 1.86. The molecule has 1 amide bonds. The first kappa shape index (κ1) is 12.0. The van der Waals surface area contributed by atoms with Gasteiger partial charge in [0.15, 0.2) is 0 Å². The number of nitrogens with zero attached hydrogens (tertiary/aromatic N) is 2. The Morgan fingerprint density at radius 1 is 1.53 bits per heavy atom. The van der Waals surface area contributed by atoms with Crippen molar-refractivity contribution in [3.8, 4) is 0 Å². The Balaban J connectivity index is 2.57. The third-order valence-electron chi connectivity index (χ3n) is 2.86. The predicted molar refractivity (Wildman–Crippen MR) is 55.5 cm³/mol. The molecule has 1 heterocycles. The van der Waals surface area contributed by atoms with E-state index < -0.39 is 5.97 Å². The summed E-state index contributed by atoms with van der Waals surface area (Å²) in [6.45, 7) is 4.22. The molecule has 1 aliphatic rings. The maximum Gasteiger partial charge on any atom is 0.303 e. The SMILES string of the molecule is CCN1CCN(C)C(CCC(=O)O)C1=O. The van der Waals surface area contributed by atoms with Crippen LogP contribution >= 0.6 is 0 Å². The average molecular weight is 214 g/mol. The van der Waals surface area contributed by atoms with Gasteiger partial charge >= 0.3 is 5.97 Å². The van der Waals surface area contributed by atoms with Gasteiger partial charge in [0, 0.05) is 26.1 Å². The number of hydrogen-bond acceptors (Lipinski definition) is 3. The summed E-state index contributed by atoms with van der Waals surface area (Å²) in [6.07, 6.45) is 0.458. The highest BCUT2D eigenvalue weighted by Gasteiger charge is 2.31. The van der Waals surface area contributed by atoms with Gasteiger partial charge in [-0.15, -0.1) is 0 Å². The molecule has 1 aliphatic heterocycles. The second-order valence-corrected chi connectivity index (χ2v) is 3.85. The molecule has 1 saturated heterocycles. The minimum absolute atomic E-state index is 0.0539. The first-order chi connectivity index (χ1) is 7.06. The molecule has 0 aromatic carbocycles. The Bertz CT molecular complexity index is 255. The van der Waals surface area contributed by atoms with E-state index in [0.717, 1.165) is 13.1 Å². The van der Waals surface area contributed by atoms with Gasteiger partial charge in [-0.1, -0.05) is 0 Å². The maximum atomic E-state index is 11.9. The highest BCUT2D eigenvalue weighted by atomic mass is 16.4. The first-order valence-electron chi connectivity index (χ1n) is 5.27. The number of carboxylic acid groups (broad SMARTS) is 1. The largest absolute Gasteiger partial charge is 0.481 e. The van der Waals surface area contributed by atoms with Crippen LogP contribution < -0.4 is 0 Å². The molecule has 15 heavy (non-hydrogen) atoms. The summed E-state index contributed by atoms with van der Waals surface area (Å²) in [4.78, 5) is 26.1. The number of likely N-dealkylation sites (N-methyl/N-ethyl adjacent to an activating group) is 2. The molecule has 1 atom stereocenters. The molecule has 5 nitrogen and oxygen atoms in total. The van der Waals surface area contributed by atoms with Crippen molar-refractivity contribution in [1.29, 1.82) is 0 Å². The Labute approximate surface area is 89.7 Å². The van der Waals surface area contributed by atoms with Crippen molar-refractivity contribution >= 4 is 11.9 Å². The van der Waals surface area contributed by atoms with E-state index in [1.54, 1.807) is 4.90 Å². The van der Waals surface area contributed by atoms with Crippen molar-refractivity contribution < 1.29 is 14.7 Å². The molecule has 0 spiro atoms. The van der Waals surface area contributed by atoms with E-state index in [4.69, 9.17) is 5.11 Å². The molecule has 0 bridgehead atoms. The average Bonchev–Trinajstić information content (AvgIpc) is 2.17. The molecule has 0 saturated carbocycles. The third kappa shape index (κ3) is 2.92. The molecule has 5 heteroatoms. The van der Waals surface area contributed by atoms with Crippen LogP contribution in [-0.4, -0.2) is 59.5 Å². The molecule has 86 valence electrons. The van der Waals surface area contributed by atoms with E-state index in [1.165, 1.54) is 0 Å². The Morgan fingerprint density at radius 2 is 2.20 bits per heavy atom. The third-order valence-corrected chi connectivity index (χ3v) is 2.86. The van der Waals surface area contributed by atoms with Gasteiger partial charge in [-0.3, -0.25) is 14.5 Å². The van der Waals surface area contributed by atoms with Gasteiger partial charge < -0.3 is 10.0 Å². The molecule has 1 unspecified atom stereocenters. The zero-order valence-electron chi connectivity index (χ0n) is 9.27. The van der Waals surface area contributed by atoms with Gasteiger partial charge in [0.25, 0.3) is 0 Å². The maximum absolute atomic E-state index is 11.9. The van der Waals surface area contributed by atoms with Crippen LogP contribution in [0, 0.1) is 0 Å². The number of piperazine rings is 1. The van der Waals surface area contributed by atoms with Gasteiger partial charge in [0.2, 0.25) is 5.91 Å². The fraction of sp³-hybridized carbons (Fsp3) is 0.800. The van der Waals surface area contributed by atoms with Gasteiger partial charge in [-0.2, -0.15) is 0 Å². The number of aliphatic carboxylic acids is 1. The van der Waals surface area contributed by atoms with E-state index in [1.807, 2.05) is 18.9 Å². The number of hydrogen-bond donors (Lipinski definition) is 1. The number of amides is 1. The predicted octanol–water partition coefficient (Wildman–Crippen LogP) is 0.0137. The van der Waals surface area contributed by atoms with Crippen molar-refractivity contribution in [2.45, 2.75) is 25.8 Å². The normalized spacial score (nSPS) is 23.2. The second-order valence-electron chi connectivity index (χ2n) is 3.85. The van der Waals surface area contributed by atoms with Crippen LogP contribution in [0.5, 0.6) is 0 Å². The van der Waals surface area contributed by atoms with Crippen molar-refractivity contribution in [2.24, 2.45) is 0 Å². The van der Waals surface area contributed by atoms with Crippen molar-refractivity contribution in [2.75, 3.05) is 26.7 Å². The van der Waals surface area contributed by atoms with Crippen molar-refractivity contribution in [3.05, 3.63) is 0 Å². The summed E-state index contributed by atoms with van der Waals surface area (Å²) < 4.78 is 0. The minimum Gasteiger partial charge on any atom is -0.481 e. The first-order valence-corrected chi connectivity index (χ1v) is 5.27. The number of rotatable bonds is 4. The topological polar surface area (TPSA) is 60.9 Å². The quantitative estimate of drug-likeness (QED) is 0.716. The summed E-state index contributed by atoms with van der Waals surface area (Å²) in [5.74, 6) is -0.780. The van der Waals surface area contributed by atoms with E-state index >= 15 is 0 Å². The zero-order chi connectivity index (χ0) is 11.4. The fourth-order valence-corrected chi connectivity index (χ4v) is 1.86. The number of carboxylic acids is 1. The monoisotopic (exact) mass is 214 g/mol. The summed E-state index contributed by atoms with van der Waals surface area (Å²) in [5.41, 5.74) is 0. The second kappa shape index (κ2) is 5.11. The van der Waals surface area contributed by atoms with Gasteiger partial charge in [0.1, 0.15) is 0 Å². The minimum atomic E-state index is -0.843. The molecule has 0 aromatic rings. The van der Waals surface area contributed by atoms with E-state index in [2.05, 4.69) is 0 Å². The van der Waals surface area contributed by atoms with E-state index in [-0.39, 0.29) is 18.4 Å².